The van der Waals surface area contributed by atoms with Crippen LogP contribution in [0.25, 0.3) is 0 Å². The van der Waals surface area contributed by atoms with Crippen LogP contribution in [-0.4, -0.2) is 40.3 Å². The van der Waals surface area contributed by atoms with E-state index in [1.807, 2.05) is 38.1 Å². The lowest BCUT2D eigenvalue weighted by atomic mass is 9.97. The highest BCUT2D eigenvalue weighted by Crippen LogP contribution is 2.16. The molecule has 1 aromatic rings. The molecule has 5 N–H and O–H groups in total. The number of aliphatic hydroxyl groups excluding tert-OH is 1. The Morgan fingerprint density at radius 3 is 2.12 bits per heavy atom. The van der Waals surface area contributed by atoms with Gasteiger partial charge in [0.2, 0.25) is 0 Å². The molecule has 0 bridgehead atoms. The zero-order valence-electron chi connectivity index (χ0n) is 15.4. The molecule has 6 heteroatoms. The van der Waals surface area contributed by atoms with Crippen molar-refractivity contribution in [2.75, 3.05) is 0 Å². The van der Waals surface area contributed by atoms with Crippen molar-refractivity contribution in [3.8, 4) is 0 Å². The van der Waals surface area contributed by atoms with Crippen LogP contribution in [0.4, 0.5) is 0 Å². The topological polar surface area (TPSA) is 113 Å². The Labute approximate surface area is 149 Å². The van der Waals surface area contributed by atoms with Gasteiger partial charge in [-0.1, -0.05) is 52.0 Å². The summed E-state index contributed by atoms with van der Waals surface area (Å²) in [5, 5.41) is 21.7. The highest BCUT2D eigenvalue weighted by Gasteiger charge is 2.28. The summed E-state index contributed by atoms with van der Waals surface area (Å²) in [6.07, 6.45) is -0.840. The van der Waals surface area contributed by atoms with Crippen molar-refractivity contribution < 1.29 is 19.8 Å². The number of carboxylic acid groups (broad SMARTS) is 1. The molecule has 25 heavy (non-hydrogen) atoms. The number of carbonyl (C=O) groups excluding carboxylic acids is 1. The number of hydrogen-bond acceptors (Lipinski definition) is 4. The summed E-state index contributed by atoms with van der Waals surface area (Å²) in [7, 11) is 0. The van der Waals surface area contributed by atoms with Gasteiger partial charge in [-0.15, -0.1) is 0 Å². The third kappa shape index (κ3) is 6.84. The maximum absolute atomic E-state index is 12.1. The minimum absolute atomic E-state index is 0.103. The molecule has 0 aliphatic heterocycles. The van der Waals surface area contributed by atoms with E-state index in [0.717, 1.165) is 5.56 Å². The molecule has 1 rings (SSSR count). The smallest absolute Gasteiger partial charge is 0.326 e. The van der Waals surface area contributed by atoms with E-state index in [0.29, 0.717) is 18.8 Å². The van der Waals surface area contributed by atoms with Crippen LogP contribution in [0.3, 0.4) is 0 Å². The second-order valence-corrected chi connectivity index (χ2v) is 7.24. The van der Waals surface area contributed by atoms with E-state index in [1.54, 1.807) is 0 Å². The molecule has 2 unspecified atom stereocenters. The number of carboxylic acids is 1. The lowest BCUT2D eigenvalue weighted by molar-refractivity contribution is -0.144. The summed E-state index contributed by atoms with van der Waals surface area (Å²) in [5.41, 5.74) is 8.06. The van der Waals surface area contributed by atoms with Crippen molar-refractivity contribution in [3.05, 3.63) is 35.4 Å². The maximum Gasteiger partial charge on any atom is 0.326 e. The van der Waals surface area contributed by atoms with Gasteiger partial charge in [-0.2, -0.15) is 0 Å². The van der Waals surface area contributed by atoms with E-state index in [-0.39, 0.29) is 5.92 Å². The monoisotopic (exact) mass is 350 g/mol. The predicted octanol–water partition coefficient (Wildman–Crippen LogP) is 1.66. The Bertz CT molecular complexity index is 569. The van der Waals surface area contributed by atoms with E-state index < -0.39 is 30.1 Å². The standard InChI is InChI=1S/C19H30N2O4/c1-11(2)9-16(19(24)25)21-18(23)17(22)15(20)10-13-5-7-14(8-6-13)12(3)4/h5-8,11-12,15-17,22H,9-10,20H2,1-4H3,(H,21,23)(H,24,25)/t15?,16-,17?/m0/s1. The van der Waals surface area contributed by atoms with Gasteiger partial charge in [0.25, 0.3) is 5.91 Å². The molecule has 1 amide bonds. The van der Waals surface area contributed by atoms with Crippen LogP contribution in [0.15, 0.2) is 24.3 Å². The SMILES string of the molecule is CC(C)C[C@H](NC(=O)C(O)C(N)Cc1ccc(C(C)C)cc1)C(=O)O. The summed E-state index contributed by atoms with van der Waals surface area (Å²) in [5.74, 6) is -1.34. The second-order valence-electron chi connectivity index (χ2n) is 7.24. The molecular weight excluding hydrogens is 320 g/mol. The minimum Gasteiger partial charge on any atom is -0.480 e. The third-order valence-electron chi connectivity index (χ3n) is 4.11. The number of amides is 1. The van der Waals surface area contributed by atoms with Gasteiger partial charge in [-0.3, -0.25) is 4.79 Å². The van der Waals surface area contributed by atoms with Gasteiger partial charge in [-0.05, 0) is 35.8 Å². The summed E-state index contributed by atoms with van der Waals surface area (Å²) in [6.45, 7) is 7.94. The van der Waals surface area contributed by atoms with Crippen molar-refractivity contribution in [2.24, 2.45) is 11.7 Å². The van der Waals surface area contributed by atoms with Crippen LogP contribution in [0, 0.1) is 5.92 Å². The van der Waals surface area contributed by atoms with Crippen LogP contribution in [0.1, 0.15) is 51.2 Å². The van der Waals surface area contributed by atoms with Gasteiger partial charge >= 0.3 is 5.97 Å². The molecule has 1 aromatic carbocycles. The largest absolute Gasteiger partial charge is 0.480 e. The predicted molar refractivity (Wildman–Crippen MR) is 97.2 cm³/mol. The fourth-order valence-corrected chi connectivity index (χ4v) is 2.57. The quantitative estimate of drug-likeness (QED) is 0.541. The van der Waals surface area contributed by atoms with Crippen LogP contribution in [0.5, 0.6) is 0 Å². The molecule has 140 valence electrons. The van der Waals surface area contributed by atoms with Crippen LogP contribution >= 0.6 is 0 Å². The Morgan fingerprint density at radius 2 is 1.68 bits per heavy atom. The van der Waals surface area contributed by atoms with E-state index in [9.17, 15) is 14.7 Å². The number of rotatable bonds is 9. The minimum atomic E-state index is -1.46. The summed E-state index contributed by atoms with van der Waals surface area (Å²) in [4.78, 5) is 23.3. The van der Waals surface area contributed by atoms with Gasteiger partial charge in [-0.25, -0.2) is 4.79 Å². The number of nitrogens with two attached hydrogens (primary N) is 1. The summed E-state index contributed by atoms with van der Waals surface area (Å²) >= 11 is 0. The van der Waals surface area contributed by atoms with E-state index in [1.165, 1.54) is 5.56 Å². The molecule has 0 fully saturated rings. The third-order valence-corrected chi connectivity index (χ3v) is 4.11. The molecule has 0 saturated heterocycles. The van der Waals surface area contributed by atoms with Gasteiger partial charge in [0.1, 0.15) is 12.1 Å². The summed E-state index contributed by atoms with van der Waals surface area (Å²) < 4.78 is 0. The molecule has 0 radical (unpaired) electrons. The molecule has 0 aliphatic carbocycles. The van der Waals surface area contributed by atoms with Crippen molar-refractivity contribution in [2.45, 2.75) is 64.6 Å². The first kappa shape index (κ1) is 21.1. The van der Waals surface area contributed by atoms with E-state index in [4.69, 9.17) is 10.8 Å². The Kier molecular flexibility index (Phi) is 8.06. The molecule has 0 spiro atoms. The lowest BCUT2D eigenvalue weighted by Gasteiger charge is -2.22. The number of carbonyl (C=O) groups is 2. The first-order chi connectivity index (χ1) is 11.6. The van der Waals surface area contributed by atoms with E-state index >= 15 is 0 Å². The Balaban J connectivity index is 2.66. The van der Waals surface area contributed by atoms with Gasteiger partial charge in [0, 0.05) is 6.04 Å². The molecular formula is C19H30N2O4. The highest BCUT2D eigenvalue weighted by molar-refractivity contribution is 5.86. The zero-order valence-corrected chi connectivity index (χ0v) is 15.4. The van der Waals surface area contributed by atoms with Crippen LogP contribution < -0.4 is 11.1 Å². The molecule has 0 heterocycles. The Morgan fingerprint density at radius 1 is 1.12 bits per heavy atom. The van der Waals surface area contributed by atoms with Gasteiger partial charge < -0.3 is 21.3 Å². The van der Waals surface area contributed by atoms with Crippen molar-refractivity contribution in [1.82, 2.24) is 5.32 Å². The normalized spacial score (nSPS) is 15.0. The molecule has 0 aliphatic rings. The average Bonchev–Trinajstić information content (AvgIpc) is 2.53. The fourth-order valence-electron chi connectivity index (χ4n) is 2.57. The van der Waals surface area contributed by atoms with Crippen molar-refractivity contribution in [3.63, 3.8) is 0 Å². The molecule has 3 atom stereocenters. The van der Waals surface area contributed by atoms with E-state index in [2.05, 4.69) is 19.2 Å². The first-order valence-corrected chi connectivity index (χ1v) is 8.67. The maximum atomic E-state index is 12.1. The van der Waals surface area contributed by atoms with Crippen molar-refractivity contribution >= 4 is 11.9 Å². The zero-order chi connectivity index (χ0) is 19.1. The number of aliphatic carboxylic acids is 1. The Hall–Kier alpha value is -1.92. The average molecular weight is 350 g/mol. The first-order valence-electron chi connectivity index (χ1n) is 8.67. The number of hydrogen-bond donors (Lipinski definition) is 4. The second kappa shape index (κ2) is 9.53. The fraction of sp³-hybridized carbons (Fsp3) is 0.579. The van der Waals surface area contributed by atoms with Crippen LogP contribution in [0.2, 0.25) is 0 Å². The van der Waals surface area contributed by atoms with Crippen LogP contribution in [-0.2, 0) is 16.0 Å². The number of nitrogens with one attached hydrogen (secondary N) is 1. The van der Waals surface area contributed by atoms with Gasteiger partial charge in [0.05, 0.1) is 0 Å². The molecule has 6 nitrogen and oxygen atoms in total. The molecule has 0 aromatic heterocycles. The number of benzene rings is 1. The summed E-state index contributed by atoms with van der Waals surface area (Å²) in [6, 6.07) is 6.03. The lowest BCUT2D eigenvalue weighted by Crippen LogP contribution is -2.52. The highest BCUT2D eigenvalue weighted by atomic mass is 16.4. The molecule has 0 saturated carbocycles. The van der Waals surface area contributed by atoms with Crippen molar-refractivity contribution in [1.29, 1.82) is 0 Å². The van der Waals surface area contributed by atoms with Gasteiger partial charge in [0.15, 0.2) is 0 Å². The number of aliphatic hydroxyl groups is 1.